The third-order valence-electron chi connectivity index (χ3n) is 2.03. The van der Waals surface area contributed by atoms with Crippen LogP contribution >= 0.6 is 0 Å². The molecule has 0 aliphatic heterocycles. The highest BCUT2D eigenvalue weighted by molar-refractivity contribution is 5.22. The molecule has 5 heteroatoms. The van der Waals surface area contributed by atoms with Crippen LogP contribution in [0.2, 0.25) is 0 Å². The zero-order valence-corrected chi connectivity index (χ0v) is 9.14. The highest BCUT2D eigenvalue weighted by atomic mass is 19.2. The minimum Gasteiger partial charge on any atom is -0.370 e. The van der Waals surface area contributed by atoms with Crippen molar-refractivity contribution >= 4 is 0 Å². The number of benzene rings is 1. The standard InChI is InChI=1S/C11H14F3NO/c1-6(2)16-10(5-15)7-3-8(12)11(14)9(13)4-7/h3-4,6,10H,5,15H2,1-2H3. The molecule has 0 saturated heterocycles. The highest BCUT2D eigenvalue weighted by Crippen LogP contribution is 2.22. The fraction of sp³-hybridized carbons (Fsp3) is 0.455. The lowest BCUT2D eigenvalue weighted by atomic mass is 10.1. The third-order valence-corrected chi connectivity index (χ3v) is 2.03. The molecule has 0 saturated carbocycles. The van der Waals surface area contributed by atoms with E-state index in [4.69, 9.17) is 10.5 Å². The lowest BCUT2D eigenvalue weighted by molar-refractivity contribution is 0.0115. The Hall–Kier alpha value is -1.07. The predicted molar refractivity (Wildman–Crippen MR) is 54.3 cm³/mol. The van der Waals surface area contributed by atoms with E-state index in [0.717, 1.165) is 12.1 Å². The molecule has 0 bridgehead atoms. The van der Waals surface area contributed by atoms with Gasteiger partial charge in [0.05, 0.1) is 12.2 Å². The van der Waals surface area contributed by atoms with Gasteiger partial charge in [-0.15, -0.1) is 0 Å². The van der Waals surface area contributed by atoms with Gasteiger partial charge >= 0.3 is 0 Å². The predicted octanol–water partition coefficient (Wildman–Crippen LogP) is 2.53. The lowest BCUT2D eigenvalue weighted by Gasteiger charge is -2.19. The molecule has 0 heterocycles. The van der Waals surface area contributed by atoms with Gasteiger partial charge in [-0.3, -0.25) is 0 Å². The molecule has 0 aromatic heterocycles. The van der Waals surface area contributed by atoms with Crippen molar-refractivity contribution in [3.63, 3.8) is 0 Å². The zero-order chi connectivity index (χ0) is 12.3. The molecule has 2 nitrogen and oxygen atoms in total. The van der Waals surface area contributed by atoms with E-state index in [0.29, 0.717) is 0 Å². The Morgan fingerprint density at radius 1 is 1.19 bits per heavy atom. The second-order valence-corrected chi connectivity index (χ2v) is 3.71. The SMILES string of the molecule is CC(C)OC(CN)c1cc(F)c(F)c(F)c1. The second kappa shape index (κ2) is 5.32. The molecule has 16 heavy (non-hydrogen) atoms. The molecule has 0 radical (unpaired) electrons. The Kier molecular flexibility index (Phi) is 4.32. The molecule has 1 atom stereocenters. The molecule has 0 spiro atoms. The van der Waals surface area contributed by atoms with Crippen LogP contribution in [-0.4, -0.2) is 12.6 Å². The maximum Gasteiger partial charge on any atom is 0.194 e. The summed E-state index contributed by atoms with van der Waals surface area (Å²) >= 11 is 0. The Morgan fingerprint density at radius 3 is 2.06 bits per heavy atom. The largest absolute Gasteiger partial charge is 0.370 e. The first-order chi connectivity index (χ1) is 7.45. The summed E-state index contributed by atoms with van der Waals surface area (Å²) in [5.41, 5.74) is 5.63. The van der Waals surface area contributed by atoms with E-state index in [9.17, 15) is 13.2 Å². The van der Waals surface area contributed by atoms with Crippen molar-refractivity contribution in [1.82, 2.24) is 0 Å². The average molecular weight is 233 g/mol. The Morgan fingerprint density at radius 2 is 1.69 bits per heavy atom. The fourth-order valence-electron chi connectivity index (χ4n) is 1.36. The van der Waals surface area contributed by atoms with Gasteiger partial charge in [0.25, 0.3) is 0 Å². The van der Waals surface area contributed by atoms with Crippen LogP contribution in [0.3, 0.4) is 0 Å². The van der Waals surface area contributed by atoms with Crippen LogP contribution in [-0.2, 0) is 4.74 Å². The molecule has 1 unspecified atom stereocenters. The zero-order valence-electron chi connectivity index (χ0n) is 9.14. The molecule has 0 aliphatic carbocycles. The monoisotopic (exact) mass is 233 g/mol. The summed E-state index contributed by atoms with van der Waals surface area (Å²) in [5.74, 6) is -3.95. The summed E-state index contributed by atoms with van der Waals surface area (Å²) in [7, 11) is 0. The lowest BCUT2D eigenvalue weighted by Crippen LogP contribution is -2.20. The molecule has 1 aromatic carbocycles. The van der Waals surface area contributed by atoms with Gasteiger partial charge in [-0.25, -0.2) is 13.2 Å². The normalized spacial score (nSPS) is 13.2. The van der Waals surface area contributed by atoms with Crippen LogP contribution in [0.1, 0.15) is 25.5 Å². The molecule has 1 rings (SSSR count). The molecule has 0 amide bonds. The number of hydrogen-bond acceptors (Lipinski definition) is 2. The fourth-order valence-corrected chi connectivity index (χ4v) is 1.36. The first kappa shape index (κ1) is 13.0. The van der Waals surface area contributed by atoms with Crippen molar-refractivity contribution in [1.29, 1.82) is 0 Å². The second-order valence-electron chi connectivity index (χ2n) is 3.71. The summed E-state index contributed by atoms with van der Waals surface area (Å²) in [4.78, 5) is 0. The van der Waals surface area contributed by atoms with E-state index in [1.165, 1.54) is 0 Å². The van der Waals surface area contributed by atoms with Gasteiger partial charge in [-0.1, -0.05) is 0 Å². The van der Waals surface area contributed by atoms with Crippen molar-refractivity contribution in [2.75, 3.05) is 6.54 Å². The molecular formula is C11H14F3NO. The molecule has 90 valence electrons. The van der Waals surface area contributed by atoms with Crippen molar-refractivity contribution in [2.24, 2.45) is 5.73 Å². The molecule has 2 N–H and O–H groups in total. The molecule has 0 fully saturated rings. The van der Waals surface area contributed by atoms with Crippen LogP contribution < -0.4 is 5.73 Å². The minimum absolute atomic E-state index is 0.0721. The van der Waals surface area contributed by atoms with Crippen LogP contribution in [0.5, 0.6) is 0 Å². The Balaban J connectivity index is 3.01. The maximum atomic E-state index is 13.0. The smallest absolute Gasteiger partial charge is 0.194 e. The van der Waals surface area contributed by atoms with Crippen LogP contribution in [0.4, 0.5) is 13.2 Å². The van der Waals surface area contributed by atoms with Crippen LogP contribution in [0.15, 0.2) is 12.1 Å². The average Bonchev–Trinajstić information content (AvgIpc) is 2.21. The number of nitrogens with two attached hydrogens (primary N) is 1. The maximum absolute atomic E-state index is 13.0. The van der Waals surface area contributed by atoms with E-state index < -0.39 is 23.6 Å². The first-order valence-corrected chi connectivity index (χ1v) is 4.95. The van der Waals surface area contributed by atoms with E-state index in [1.807, 2.05) is 0 Å². The number of ether oxygens (including phenoxy) is 1. The van der Waals surface area contributed by atoms with Gasteiger partial charge in [-0.05, 0) is 31.5 Å². The third kappa shape index (κ3) is 2.96. The van der Waals surface area contributed by atoms with E-state index >= 15 is 0 Å². The summed E-state index contributed by atoms with van der Waals surface area (Å²) in [5, 5.41) is 0. The van der Waals surface area contributed by atoms with Crippen molar-refractivity contribution in [3.8, 4) is 0 Å². The van der Waals surface area contributed by atoms with Crippen LogP contribution in [0.25, 0.3) is 0 Å². The van der Waals surface area contributed by atoms with Gasteiger partial charge in [0.15, 0.2) is 17.5 Å². The van der Waals surface area contributed by atoms with Gasteiger partial charge in [0.1, 0.15) is 0 Å². The van der Waals surface area contributed by atoms with Crippen molar-refractivity contribution < 1.29 is 17.9 Å². The summed E-state index contributed by atoms with van der Waals surface area (Å²) in [6.45, 7) is 3.63. The summed E-state index contributed by atoms with van der Waals surface area (Å²) in [6, 6.07) is 1.80. The number of rotatable bonds is 4. The van der Waals surface area contributed by atoms with E-state index in [1.54, 1.807) is 13.8 Å². The quantitative estimate of drug-likeness (QED) is 0.811. The van der Waals surface area contributed by atoms with E-state index in [-0.39, 0.29) is 18.2 Å². The van der Waals surface area contributed by atoms with Gasteiger partial charge < -0.3 is 10.5 Å². The number of halogens is 3. The van der Waals surface area contributed by atoms with Crippen molar-refractivity contribution in [2.45, 2.75) is 26.1 Å². The molecular weight excluding hydrogens is 219 g/mol. The Labute approximate surface area is 92.2 Å². The van der Waals surface area contributed by atoms with Gasteiger partial charge in [-0.2, -0.15) is 0 Å². The van der Waals surface area contributed by atoms with Crippen LogP contribution in [0, 0.1) is 17.5 Å². The molecule has 1 aromatic rings. The summed E-state index contributed by atoms with van der Waals surface area (Å²) in [6.07, 6.45) is -0.769. The summed E-state index contributed by atoms with van der Waals surface area (Å²) < 4.78 is 44.0. The van der Waals surface area contributed by atoms with Gasteiger partial charge in [0, 0.05) is 6.54 Å². The highest BCUT2D eigenvalue weighted by Gasteiger charge is 2.17. The molecule has 0 aliphatic rings. The topological polar surface area (TPSA) is 35.2 Å². The van der Waals surface area contributed by atoms with Crippen molar-refractivity contribution in [3.05, 3.63) is 35.1 Å². The number of hydrogen-bond donors (Lipinski definition) is 1. The Bertz CT molecular complexity index is 345. The first-order valence-electron chi connectivity index (χ1n) is 4.95. The minimum atomic E-state index is -1.48. The van der Waals surface area contributed by atoms with Gasteiger partial charge in [0.2, 0.25) is 0 Å². The van der Waals surface area contributed by atoms with E-state index in [2.05, 4.69) is 0 Å².